The molecule has 0 aliphatic rings. The van der Waals surface area contributed by atoms with Gasteiger partial charge in [0.1, 0.15) is 13.2 Å². The Kier molecular flexibility index (Phi) is 61.2. The van der Waals surface area contributed by atoms with E-state index in [9.17, 15) is 14.4 Å². The van der Waals surface area contributed by atoms with Crippen LogP contribution in [0.25, 0.3) is 0 Å². The molecule has 0 saturated heterocycles. The zero-order valence-corrected chi connectivity index (χ0v) is 50.1. The van der Waals surface area contributed by atoms with Crippen LogP contribution < -0.4 is 0 Å². The van der Waals surface area contributed by atoms with Crippen LogP contribution in [0.5, 0.6) is 0 Å². The number of unbranched alkanes of at least 4 members (excludes halogenated alkanes) is 39. The van der Waals surface area contributed by atoms with Gasteiger partial charge in [0, 0.05) is 19.3 Å². The van der Waals surface area contributed by atoms with Crippen LogP contribution in [0.15, 0.2) is 60.8 Å². The average Bonchev–Trinajstić information content (AvgIpc) is 3.41. The molecule has 6 nitrogen and oxygen atoms in total. The predicted octanol–water partition coefficient (Wildman–Crippen LogP) is 22.3. The van der Waals surface area contributed by atoms with Crippen molar-refractivity contribution in [2.45, 2.75) is 348 Å². The summed E-state index contributed by atoms with van der Waals surface area (Å²) >= 11 is 0. The Balaban J connectivity index is 4.21. The van der Waals surface area contributed by atoms with Gasteiger partial charge in [0.15, 0.2) is 6.10 Å². The molecule has 0 saturated carbocycles. The van der Waals surface area contributed by atoms with Gasteiger partial charge in [-0.15, -0.1) is 0 Å². The van der Waals surface area contributed by atoms with E-state index in [0.29, 0.717) is 19.3 Å². The van der Waals surface area contributed by atoms with Crippen LogP contribution >= 0.6 is 0 Å². The highest BCUT2D eigenvalue weighted by Gasteiger charge is 2.19. The van der Waals surface area contributed by atoms with Gasteiger partial charge in [-0.3, -0.25) is 14.4 Å². The van der Waals surface area contributed by atoms with E-state index in [-0.39, 0.29) is 31.1 Å². The molecule has 0 spiro atoms. The molecule has 0 aromatic rings. The van der Waals surface area contributed by atoms with Crippen molar-refractivity contribution < 1.29 is 28.6 Å². The van der Waals surface area contributed by atoms with Crippen molar-refractivity contribution in [2.75, 3.05) is 13.2 Å². The number of carbonyl (C=O) groups is 3. The van der Waals surface area contributed by atoms with E-state index in [0.717, 1.165) is 96.3 Å². The summed E-state index contributed by atoms with van der Waals surface area (Å²) in [6.07, 6.45) is 81.0. The van der Waals surface area contributed by atoms with Gasteiger partial charge in [-0.1, -0.05) is 300 Å². The van der Waals surface area contributed by atoms with Crippen LogP contribution in [0.2, 0.25) is 0 Å². The first-order valence-corrected chi connectivity index (χ1v) is 32.8. The van der Waals surface area contributed by atoms with Crippen molar-refractivity contribution >= 4 is 17.9 Å². The van der Waals surface area contributed by atoms with E-state index < -0.39 is 6.10 Å². The van der Waals surface area contributed by atoms with Gasteiger partial charge >= 0.3 is 17.9 Å². The molecule has 0 N–H and O–H groups in total. The topological polar surface area (TPSA) is 78.9 Å². The second kappa shape index (κ2) is 63.6. The van der Waals surface area contributed by atoms with Gasteiger partial charge in [-0.2, -0.15) is 0 Å². The lowest BCUT2D eigenvalue weighted by Crippen LogP contribution is -2.30. The predicted molar refractivity (Wildman–Crippen MR) is 325 cm³/mol. The molecule has 436 valence electrons. The number of allylic oxidation sites excluding steroid dienone is 10. The van der Waals surface area contributed by atoms with E-state index in [1.807, 2.05) is 0 Å². The molecule has 0 aromatic heterocycles. The molecule has 0 aliphatic carbocycles. The zero-order chi connectivity index (χ0) is 54.3. The highest BCUT2D eigenvalue weighted by atomic mass is 16.6. The number of ether oxygens (including phenoxy) is 3. The van der Waals surface area contributed by atoms with Crippen LogP contribution in [0.3, 0.4) is 0 Å². The van der Waals surface area contributed by atoms with Crippen molar-refractivity contribution in [1.82, 2.24) is 0 Å². The van der Waals surface area contributed by atoms with Crippen LogP contribution in [0.1, 0.15) is 342 Å². The Bertz CT molecular complexity index is 1340. The highest BCUT2D eigenvalue weighted by Crippen LogP contribution is 2.17. The summed E-state index contributed by atoms with van der Waals surface area (Å²) in [5.74, 6) is -0.873. The molecule has 6 heteroatoms. The van der Waals surface area contributed by atoms with Crippen molar-refractivity contribution in [3.63, 3.8) is 0 Å². The molecule has 75 heavy (non-hydrogen) atoms. The lowest BCUT2D eigenvalue weighted by molar-refractivity contribution is -0.167. The number of rotatable bonds is 60. The number of hydrogen-bond acceptors (Lipinski definition) is 6. The summed E-state index contributed by atoms with van der Waals surface area (Å²) in [5.41, 5.74) is 0. The fraction of sp³-hybridized carbons (Fsp3) is 0.812. The van der Waals surface area contributed by atoms with Crippen molar-refractivity contribution in [3.05, 3.63) is 60.8 Å². The molecule has 0 aromatic carbocycles. The summed E-state index contributed by atoms with van der Waals surface area (Å²) in [5, 5.41) is 0. The Morgan fingerprint density at radius 2 is 0.520 bits per heavy atom. The Hall–Kier alpha value is -2.89. The minimum atomic E-state index is -0.780. The fourth-order valence-electron chi connectivity index (χ4n) is 9.61. The summed E-state index contributed by atoms with van der Waals surface area (Å²) in [6, 6.07) is 0. The molecule has 0 fully saturated rings. The van der Waals surface area contributed by atoms with E-state index >= 15 is 0 Å². The third-order valence-corrected chi connectivity index (χ3v) is 14.5. The second-order valence-electron chi connectivity index (χ2n) is 22.0. The molecule has 1 atom stereocenters. The summed E-state index contributed by atoms with van der Waals surface area (Å²) in [4.78, 5) is 38.3. The first-order chi connectivity index (χ1) is 37.0. The van der Waals surface area contributed by atoms with Crippen LogP contribution in [-0.2, 0) is 28.6 Å². The molecule has 0 aliphatic heterocycles. The van der Waals surface area contributed by atoms with Crippen molar-refractivity contribution in [3.8, 4) is 0 Å². The Morgan fingerprint density at radius 3 is 0.827 bits per heavy atom. The number of hydrogen-bond donors (Lipinski definition) is 0. The molecule has 0 bridgehead atoms. The van der Waals surface area contributed by atoms with Gasteiger partial charge in [0.25, 0.3) is 0 Å². The van der Waals surface area contributed by atoms with E-state index in [4.69, 9.17) is 14.2 Å². The van der Waals surface area contributed by atoms with Crippen LogP contribution in [0.4, 0.5) is 0 Å². The maximum absolute atomic E-state index is 12.9. The van der Waals surface area contributed by atoms with Gasteiger partial charge < -0.3 is 14.2 Å². The van der Waals surface area contributed by atoms with Gasteiger partial charge in [0.05, 0.1) is 0 Å². The van der Waals surface area contributed by atoms with Crippen LogP contribution in [-0.4, -0.2) is 37.2 Å². The Labute approximate surface area is 466 Å². The second-order valence-corrected chi connectivity index (χ2v) is 22.0. The molecule has 0 radical (unpaired) electrons. The van der Waals surface area contributed by atoms with Crippen molar-refractivity contribution in [1.29, 1.82) is 0 Å². The first kappa shape index (κ1) is 72.1. The molecule has 0 amide bonds. The molecule has 1 unspecified atom stereocenters. The molecular weight excluding hydrogens is 925 g/mol. The zero-order valence-electron chi connectivity index (χ0n) is 50.1. The lowest BCUT2D eigenvalue weighted by atomic mass is 10.0. The quantitative estimate of drug-likeness (QED) is 0.0261. The first-order valence-electron chi connectivity index (χ1n) is 32.8. The maximum atomic E-state index is 12.9. The highest BCUT2D eigenvalue weighted by molar-refractivity contribution is 5.71. The summed E-state index contributed by atoms with van der Waals surface area (Å²) in [6.45, 7) is 6.55. The van der Waals surface area contributed by atoms with E-state index in [1.54, 1.807) is 0 Å². The summed E-state index contributed by atoms with van der Waals surface area (Å²) in [7, 11) is 0. The van der Waals surface area contributed by atoms with Crippen LogP contribution in [0, 0.1) is 0 Å². The van der Waals surface area contributed by atoms with Gasteiger partial charge in [-0.25, -0.2) is 0 Å². The van der Waals surface area contributed by atoms with Gasteiger partial charge in [0.2, 0.25) is 0 Å². The van der Waals surface area contributed by atoms with Gasteiger partial charge in [-0.05, 0) is 83.5 Å². The minimum Gasteiger partial charge on any atom is -0.462 e. The smallest absolute Gasteiger partial charge is 0.306 e. The largest absolute Gasteiger partial charge is 0.462 e. The number of carbonyl (C=O) groups excluding carboxylic acids is 3. The summed E-state index contributed by atoms with van der Waals surface area (Å²) < 4.78 is 16.9. The van der Waals surface area contributed by atoms with E-state index in [1.165, 1.54) is 205 Å². The molecular formula is C69H124O6. The maximum Gasteiger partial charge on any atom is 0.306 e. The van der Waals surface area contributed by atoms with E-state index in [2.05, 4.69) is 81.5 Å². The molecule has 0 heterocycles. The SMILES string of the molecule is CC/C=C\C/C=C\C/C=C\C/C=C\CCCCCCCCC(=O)OC(COC(=O)CCCCCCCCCCCCC)COC(=O)CCCCCCCCCCCCCCCCC/C=C\CCCCCCCCCC. The third kappa shape index (κ3) is 61.8. The standard InChI is InChI=1S/C69H124O6/c1-4-7-10-13-16-19-22-24-26-28-30-31-32-33-34-35-36-37-39-40-42-44-47-50-53-56-59-62-68(71)74-65-66(64-73-67(70)61-58-55-52-49-46-21-18-15-12-9-6-3)75-69(72)63-60-57-54-51-48-45-43-41-38-29-27-25-23-20-17-14-11-8-5-2/h8,11,17,20,25,27-28,30,38,41,66H,4-7,9-10,12-16,18-19,21-24,26,29,31-37,39-40,42-65H2,1-3H3/b11-8-,20-17-,27-25-,30-28-,41-38-. The fourth-order valence-corrected chi connectivity index (χ4v) is 9.61. The average molecular weight is 1050 g/mol. The monoisotopic (exact) mass is 1050 g/mol. The Morgan fingerprint density at radius 1 is 0.280 bits per heavy atom. The van der Waals surface area contributed by atoms with Crippen molar-refractivity contribution in [2.24, 2.45) is 0 Å². The molecule has 0 rings (SSSR count). The third-order valence-electron chi connectivity index (χ3n) is 14.5. The lowest BCUT2D eigenvalue weighted by Gasteiger charge is -2.18. The minimum absolute atomic E-state index is 0.0765. The number of esters is 3. The normalized spacial score (nSPS) is 12.4.